The fourth-order valence-electron chi connectivity index (χ4n) is 2.72. The summed E-state index contributed by atoms with van der Waals surface area (Å²) < 4.78 is 0. The minimum absolute atomic E-state index is 0.481. The van der Waals surface area contributed by atoms with E-state index >= 15 is 0 Å². The van der Waals surface area contributed by atoms with Crippen molar-refractivity contribution < 1.29 is 0 Å². The van der Waals surface area contributed by atoms with Gasteiger partial charge in [0.25, 0.3) is 0 Å². The maximum atomic E-state index is 3.37. The van der Waals surface area contributed by atoms with Crippen LogP contribution in [0.4, 0.5) is 5.69 Å². The second-order valence-corrected chi connectivity index (χ2v) is 6.60. The smallest absolute Gasteiger partial charge is 0.0367 e. The van der Waals surface area contributed by atoms with Gasteiger partial charge in [-0.2, -0.15) is 11.8 Å². The molecular weight excluding hydrogens is 252 g/mol. The normalized spacial score (nSPS) is 21.4. The average molecular weight is 278 g/mol. The third-order valence-corrected chi connectivity index (χ3v) is 5.38. The Labute approximate surface area is 122 Å². The second-order valence-electron chi connectivity index (χ2n) is 5.19. The lowest BCUT2D eigenvalue weighted by molar-refractivity contribution is 0.577. The number of rotatable bonds is 5. The van der Waals surface area contributed by atoms with E-state index in [9.17, 15) is 0 Å². The largest absolute Gasteiger partial charge is 0.370 e. The highest BCUT2D eigenvalue weighted by molar-refractivity contribution is 8.00. The van der Waals surface area contributed by atoms with E-state index in [-0.39, 0.29) is 0 Å². The van der Waals surface area contributed by atoms with Crippen molar-refractivity contribution in [3.63, 3.8) is 0 Å². The van der Waals surface area contributed by atoms with Gasteiger partial charge in [-0.3, -0.25) is 0 Å². The molecule has 19 heavy (non-hydrogen) atoms. The molecule has 2 atom stereocenters. The van der Waals surface area contributed by atoms with Crippen molar-refractivity contribution in [1.29, 1.82) is 0 Å². The predicted molar refractivity (Wildman–Crippen MR) is 87.3 cm³/mol. The number of nitrogens with one attached hydrogen (secondary N) is 1. The van der Waals surface area contributed by atoms with Crippen LogP contribution in [0.15, 0.2) is 24.3 Å². The number of hydrogen-bond acceptors (Lipinski definition) is 3. The van der Waals surface area contributed by atoms with E-state index in [1.165, 1.54) is 36.5 Å². The molecule has 0 spiro atoms. The van der Waals surface area contributed by atoms with Gasteiger partial charge in [0.1, 0.15) is 0 Å². The van der Waals surface area contributed by atoms with Gasteiger partial charge in [-0.05, 0) is 37.6 Å². The van der Waals surface area contributed by atoms with Gasteiger partial charge in [0.05, 0.1) is 0 Å². The van der Waals surface area contributed by atoms with Gasteiger partial charge in [0.2, 0.25) is 0 Å². The summed E-state index contributed by atoms with van der Waals surface area (Å²) in [7, 11) is 2.04. The molecule has 1 N–H and O–H groups in total. The molecule has 2 rings (SSSR count). The molecular formula is C16H26N2S. The van der Waals surface area contributed by atoms with Crippen molar-refractivity contribution in [2.24, 2.45) is 0 Å². The maximum absolute atomic E-state index is 3.37. The zero-order valence-corrected chi connectivity index (χ0v) is 13.2. The van der Waals surface area contributed by atoms with Crippen LogP contribution in [0.25, 0.3) is 0 Å². The lowest BCUT2D eigenvalue weighted by atomic mass is 10.0. The first-order valence-electron chi connectivity index (χ1n) is 7.42. The van der Waals surface area contributed by atoms with E-state index in [2.05, 4.69) is 60.1 Å². The lowest BCUT2D eigenvalue weighted by Gasteiger charge is -2.33. The number of anilines is 1. The summed E-state index contributed by atoms with van der Waals surface area (Å²) >= 11 is 2.13. The van der Waals surface area contributed by atoms with E-state index < -0.39 is 0 Å². The number of hydrogen-bond donors (Lipinski definition) is 1. The van der Waals surface area contributed by atoms with Crippen molar-refractivity contribution in [3.05, 3.63) is 29.8 Å². The molecule has 1 heterocycles. The Morgan fingerprint density at radius 2 is 2.05 bits per heavy atom. The zero-order valence-electron chi connectivity index (χ0n) is 12.4. The summed E-state index contributed by atoms with van der Waals surface area (Å²) in [6.45, 7) is 6.90. The Morgan fingerprint density at radius 1 is 1.32 bits per heavy atom. The molecule has 0 bridgehead atoms. The highest BCUT2D eigenvalue weighted by Crippen LogP contribution is 2.27. The van der Waals surface area contributed by atoms with E-state index in [0.29, 0.717) is 6.04 Å². The van der Waals surface area contributed by atoms with E-state index in [0.717, 1.165) is 11.7 Å². The first-order valence-corrected chi connectivity index (χ1v) is 8.47. The third kappa shape index (κ3) is 3.67. The Balaban J connectivity index is 2.05. The van der Waals surface area contributed by atoms with Gasteiger partial charge >= 0.3 is 0 Å². The topological polar surface area (TPSA) is 15.3 Å². The Morgan fingerprint density at radius 3 is 2.63 bits per heavy atom. The summed E-state index contributed by atoms with van der Waals surface area (Å²) in [5, 5.41) is 4.17. The van der Waals surface area contributed by atoms with Crippen LogP contribution in [-0.2, 0) is 0 Å². The summed E-state index contributed by atoms with van der Waals surface area (Å²) in [5.41, 5.74) is 2.78. The van der Waals surface area contributed by atoms with Gasteiger partial charge in [0, 0.05) is 35.8 Å². The first kappa shape index (κ1) is 14.7. The van der Waals surface area contributed by atoms with Crippen LogP contribution >= 0.6 is 11.8 Å². The van der Waals surface area contributed by atoms with Gasteiger partial charge in [-0.15, -0.1) is 0 Å². The first-order chi connectivity index (χ1) is 9.28. The summed E-state index contributed by atoms with van der Waals surface area (Å²) in [6.07, 6.45) is 2.41. The van der Waals surface area contributed by atoms with E-state index in [1.807, 2.05) is 7.05 Å². The summed E-state index contributed by atoms with van der Waals surface area (Å²) in [5.74, 6) is 1.26. The Kier molecular flexibility index (Phi) is 5.59. The molecule has 0 aliphatic carbocycles. The maximum Gasteiger partial charge on any atom is 0.0367 e. The van der Waals surface area contributed by atoms with Crippen LogP contribution in [0.5, 0.6) is 0 Å². The summed E-state index contributed by atoms with van der Waals surface area (Å²) in [4.78, 5) is 2.54. The number of nitrogens with zero attached hydrogens (tertiary/aromatic N) is 1. The van der Waals surface area contributed by atoms with Crippen molar-refractivity contribution in [1.82, 2.24) is 5.32 Å². The number of thioether (sulfide) groups is 1. The van der Waals surface area contributed by atoms with Crippen LogP contribution in [0.2, 0.25) is 0 Å². The molecule has 0 radical (unpaired) electrons. The molecule has 1 aliphatic rings. The minimum Gasteiger partial charge on any atom is -0.370 e. The van der Waals surface area contributed by atoms with E-state index in [1.54, 1.807) is 0 Å². The van der Waals surface area contributed by atoms with Crippen molar-refractivity contribution in [2.45, 2.75) is 38.0 Å². The fourth-order valence-corrected chi connectivity index (χ4v) is 3.90. The van der Waals surface area contributed by atoms with Crippen LogP contribution < -0.4 is 10.2 Å². The second kappa shape index (κ2) is 7.20. The fraction of sp³-hybridized carbons (Fsp3) is 0.625. The van der Waals surface area contributed by atoms with Gasteiger partial charge in [0.15, 0.2) is 0 Å². The zero-order chi connectivity index (χ0) is 13.7. The highest BCUT2D eigenvalue weighted by Gasteiger charge is 2.19. The van der Waals surface area contributed by atoms with Gasteiger partial charge in [-0.1, -0.05) is 26.0 Å². The van der Waals surface area contributed by atoms with Crippen molar-refractivity contribution in [3.8, 4) is 0 Å². The molecule has 0 amide bonds. The number of benzene rings is 1. The van der Waals surface area contributed by atoms with Crippen LogP contribution in [0.1, 0.15) is 38.3 Å². The highest BCUT2D eigenvalue weighted by atomic mass is 32.2. The van der Waals surface area contributed by atoms with Crippen LogP contribution in [0, 0.1) is 0 Å². The molecule has 1 aliphatic heterocycles. The summed E-state index contributed by atoms with van der Waals surface area (Å²) in [6, 6.07) is 9.62. The molecule has 3 heteroatoms. The van der Waals surface area contributed by atoms with Crippen LogP contribution in [-0.4, -0.2) is 31.1 Å². The average Bonchev–Trinajstić information content (AvgIpc) is 2.49. The van der Waals surface area contributed by atoms with Crippen molar-refractivity contribution in [2.75, 3.05) is 30.8 Å². The van der Waals surface area contributed by atoms with Gasteiger partial charge in [-0.25, -0.2) is 0 Å². The predicted octanol–water partition coefficient (Wildman–Crippen LogP) is 3.69. The Hall–Kier alpha value is -0.670. The minimum atomic E-state index is 0.481. The van der Waals surface area contributed by atoms with E-state index in [4.69, 9.17) is 0 Å². The molecule has 1 saturated heterocycles. The molecule has 0 aromatic heterocycles. The van der Waals surface area contributed by atoms with Crippen LogP contribution in [0.3, 0.4) is 0 Å². The molecule has 1 aromatic rings. The third-order valence-electron chi connectivity index (χ3n) is 4.01. The molecule has 0 saturated carbocycles. The van der Waals surface area contributed by atoms with Crippen molar-refractivity contribution >= 4 is 17.4 Å². The molecule has 2 unspecified atom stereocenters. The molecule has 1 fully saturated rings. The monoisotopic (exact) mass is 278 g/mol. The standard InChI is InChI=1S/C16H26N2S/c1-4-15-12-18(10-11-19-15)14-8-6-13(7-9-14)16(5-2)17-3/h6-9,15-17H,4-5,10-12H2,1-3H3. The molecule has 106 valence electrons. The molecule has 1 aromatic carbocycles. The lowest BCUT2D eigenvalue weighted by Crippen LogP contribution is -2.37. The Bertz CT molecular complexity index is 373. The molecule has 2 nitrogen and oxygen atoms in total. The quantitative estimate of drug-likeness (QED) is 0.884. The van der Waals surface area contributed by atoms with Gasteiger partial charge < -0.3 is 10.2 Å². The SMILES string of the molecule is CCC1CN(c2ccc(C(CC)NC)cc2)CCS1.